The van der Waals surface area contributed by atoms with Gasteiger partial charge in [0.05, 0.1) is 12.3 Å². The lowest BCUT2D eigenvalue weighted by atomic mass is 10.0. The molecule has 33 heavy (non-hydrogen) atoms. The Kier molecular flexibility index (Phi) is 8.87. The first kappa shape index (κ1) is 25.6. The average Bonchev–Trinajstić information content (AvgIpc) is 3.63. The highest BCUT2D eigenvalue weighted by Crippen LogP contribution is 2.32. The molecular formula is C24H36FN3O4S. The minimum atomic E-state index is -3.51. The van der Waals surface area contributed by atoms with Crippen LogP contribution in [-0.4, -0.2) is 72.3 Å². The van der Waals surface area contributed by atoms with Gasteiger partial charge in [-0.2, -0.15) is 4.31 Å². The third-order valence-corrected chi connectivity index (χ3v) is 8.39. The number of likely N-dealkylation sites (tertiary alicyclic amines) is 1. The molecule has 0 spiro atoms. The van der Waals surface area contributed by atoms with E-state index in [-0.39, 0.29) is 48.4 Å². The van der Waals surface area contributed by atoms with Crippen LogP contribution in [0, 0.1) is 11.7 Å². The fourth-order valence-electron chi connectivity index (χ4n) is 4.39. The zero-order chi connectivity index (χ0) is 24.0. The van der Waals surface area contributed by atoms with Crippen LogP contribution < -0.4 is 0 Å². The molecule has 0 bridgehead atoms. The van der Waals surface area contributed by atoms with Gasteiger partial charge < -0.3 is 9.80 Å². The highest BCUT2D eigenvalue weighted by atomic mass is 32.2. The highest BCUT2D eigenvalue weighted by Gasteiger charge is 2.37. The van der Waals surface area contributed by atoms with E-state index in [1.807, 2.05) is 11.8 Å². The second-order valence-electron chi connectivity index (χ2n) is 9.13. The van der Waals surface area contributed by atoms with Crippen LogP contribution in [0.4, 0.5) is 4.39 Å². The summed E-state index contributed by atoms with van der Waals surface area (Å²) in [5, 5.41) is 0. The van der Waals surface area contributed by atoms with E-state index in [9.17, 15) is 22.4 Å². The smallest absolute Gasteiger partial charge is 0.238 e. The number of halogens is 1. The fraction of sp³-hybridized carbons (Fsp3) is 0.667. The summed E-state index contributed by atoms with van der Waals surface area (Å²) in [5.41, 5.74) is 0.791. The summed E-state index contributed by atoms with van der Waals surface area (Å²) < 4.78 is 40.1. The van der Waals surface area contributed by atoms with Crippen molar-refractivity contribution in [1.82, 2.24) is 14.1 Å². The number of carbonyl (C=O) groups excluding carboxylic acids is 2. The van der Waals surface area contributed by atoms with Gasteiger partial charge in [0.25, 0.3) is 0 Å². The number of carbonyl (C=O) groups is 2. The molecular weight excluding hydrogens is 445 g/mol. The Labute approximate surface area is 197 Å². The molecule has 2 amide bonds. The Morgan fingerprint density at radius 2 is 1.67 bits per heavy atom. The summed E-state index contributed by atoms with van der Waals surface area (Å²) in [7, 11) is -3.51. The van der Waals surface area contributed by atoms with E-state index in [4.69, 9.17) is 0 Å². The van der Waals surface area contributed by atoms with E-state index in [0.717, 1.165) is 18.4 Å². The third kappa shape index (κ3) is 6.99. The molecule has 184 valence electrons. The van der Waals surface area contributed by atoms with Crippen molar-refractivity contribution in [3.05, 3.63) is 35.6 Å². The third-order valence-electron chi connectivity index (χ3n) is 6.37. The molecule has 1 aliphatic heterocycles. The Morgan fingerprint density at radius 3 is 2.21 bits per heavy atom. The number of hydrogen-bond donors (Lipinski definition) is 0. The van der Waals surface area contributed by atoms with Gasteiger partial charge in [-0.1, -0.05) is 26.0 Å². The van der Waals surface area contributed by atoms with Crippen molar-refractivity contribution < 1.29 is 22.4 Å². The van der Waals surface area contributed by atoms with E-state index < -0.39 is 10.0 Å². The summed E-state index contributed by atoms with van der Waals surface area (Å²) in [5.74, 6) is -0.197. The molecule has 0 unspecified atom stereocenters. The van der Waals surface area contributed by atoms with E-state index in [0.29, 0.717) is 45.3 Å². The Morgan fingerprint density at radius 1 is 1.03 bits per heavy atom. The van der Waals surface area contributed by atoms with Gasteiger partial charge in [-0.25, -0.2) is 12.8 Å². The lowest BCUT2D eigenvalue weighted by molar-refractivity contribution is -0.138. The van der Waals surface area contributed by atoms with Crippen LogP contribution in [0.25, 0.3) is 0 Å². The molecule has 1 aromatic carbocycles. The van der Waals surface area contributed by atoms with Gasteiger partial charge >= 0.3 is 0 Å². The quantitative estimate of drug-likeness (QED) is 0.487. The minimum absolute atomic E-state index is 0.0138. The van der Waals surface area contributed by atoms with Crippen molar-refractivity contribution in [3.8, 4) is 0 Å². The molecule has 1 heterocycles. The zero-order valence-electron chi connectivity index (χ0n) is 19.7. The van der Waals surface area contributed by atoms with Gasteiger partial charge in [-0.3, -0.25) is 9.59 Å². The van der Waals surface area contributed by atoms with Crippen molar-refractivity contribution in [2.24, 2.45) is 5.92 Å². The number of amides is 2. The molecule has 0 aromatic heterocycles. The van der Waals surface area contributed by atoms with E-state index in [1.165, 1.54) is 16.4 Å². The Bertz CT molecular complexity index is 910. The molecule has 0 N–H and O–H groups in total. The molecule has 7 nitrogen and oxygen atoms in total. The largest absolute Gasteiger partial charge is 0.342 e. The van der Waals surface area contributed by atoms with Gasteiger partial charge in [-0.15, -0.1) is 0 Å². The Hall–Kier alpha value is -2.00. The molecule has 1 saturated carbocycles. The van der Waals surface area contributed by atoms with Gasteiger partial charge in [0.1, 0.15) is 5.82 Å². The fourth-order valence-corrected chi connectivity index (χ4v) is 5.93. The second kappa shape index (κ2) is 11.4. The first-order valence-electron chi connectivity index (χ1n) is 12.1. The SMILES string of the molecule is CCCN(CC(=O)N(Cc1ccc(F)cc1)C1CCN(C(=O)C2CC2)CC1)S(=O)(=O)CCC. The van der Waals surface area contributed by atoms with Crippen LogP contribution in [0.5, 0.6) is 0 Å². The molecule has 1 aromatic rings. The number of piperidine rings is 1. The van der Waals surface area contributed by atoms with E-state index >= 15 is 0 Å². The minimum Gasteiger partial charge on any atom is -0.342 e. The summed E-state index contributed by atoms with van der Waals surface area (Å²) in [6, 6.07) is 5.94. The van der Waals surface area contributed by atoms with Crippen molar-refractivity contribution in [1.29, 1.82) is 0 Å². The first-order valence-corrected chi connectivity index (χ1v) is 13.7. The number of rotatable bonds is 11. The van der Waals surface area contributed by atoms with E-state index in [2.05, 4.69) is 0 Å². The highest BCUT2D eigenvalue weighted by molar-refractivity contribution is 7.89. The maximum absolute atomic E-state index is 13.4. The predicted octanol–water partition coefficient (Wildman–Crippen LogP) is 3.01. The summed E-state index contributed by atoms with van der Waals surface area (Å²) in [4.78, 5) is 29.5. The number of sulfonamides is 1. The first-order chi connectivity index (χ1) is 15.7. The predicted molar refractivity (Wildman–Crippen MR) is 125 cm³/mol. The van der Waals surface area contributed by atoms with Gasteiger partial charge in [0.15, 0.2) is 0 Å². The van der Waals surface area contributed by atoms with Crippen LogP contribution in [0.2, 0.25) is 0 Å². The molecule has 3 rings (SSSR count). The van der Waals surface area contributed by atoms with Crippen molar-refractivity contribution >= 4 is 21.8 Å². The monoisotopic (exact) mass is 481 g/mol. The molecule has 9 heteroatoms. The second-order valence-corrected chi connectivity index (χ2v) is 11.2. The van der Waals surface area contributed by atoms with Gasteiger partial charge in [-0.05, 0) is 56.2 Å². The van der Waals surface area contributed by atoms with Crippen molar-refractivity contribution in [2.75, 3.05) is 31.9 Å². The van der Waals surface area contributed by atoms with E-state index in [1.54, 1.807) is 24.0 Å². The zero-order valence-corrected chi connectivity index (χ0v) is 20.5. The Balaban J connectivity index is 1.74. The van der Waals surface area contributed by atoms with Crippen LogP contribution in [0.1, 0.15) is 57.9 Å². The molecule has 2 fully saturated rings. The average molecular weight is 482 g/mol. The van der Waals surface area contributed by atoms with Crippen LogP contribution in [0.3, 0.4) is 0 Å². The van der Waals surface area contributed by atoms with Crippen molar-refractivity contribution in [3.63, 3.8) is 0 Å². The number of nitrogens with zero attached hydrogens (tertiary/aromatic N) is 3. The molecule has 0 radical (unpaired) electrons. The summed E-state index contributed by atoms with van der Waals surface area (Å²) in [6.07, 6.45) is 4.35. The maximum Gasteiger partial charge on any atom is 0.238 e. The maximum atomic E-state index is 13.4. The number of benzene rings is 1. The van der Waals surface area contributed by atoms with Crippen LogP contribution >= 0.6 is 0 Å². The standard InChI is InChI=1S/C24H36FN3O4S/c1-3-13-27(33(31,32)16-4-2)18-23(29)28(17-19-5-9-21(25)10-6-19)22-11-14-26(15-12-22)24(30)20-7-8-20/h5-6,9-10,20,22H,3-4,7-8,11-18H2,1-2H3. The van der Waals surface area contributed by atoms with Crippen molar-refractivity contribution in [2.45, 2.75) is 65.0 Å². The van der Waals surface area contributed by atoms with Gasteiger partial charge in [0.2, 0.25) is 21.8 Å². The lowest BCUT2D eigenvalue weighted by Gasteiger charge is -2.39. The van der Waals surface area contributed by atoms with Crippen LogP contribution in [-0.2, 0) is 26.2 Å². The molecule has 2 aliphatic rings. The lowest BCUT2D eigenvalue weighted by Crippen LogP contribution is -2.51. The van der Waals surface area contributed by atoms with Crippen LogP contribution in [0.15, 0.2) is 24.3 Å². The normalized spacial score (nSPS) is 17.4. The molecule has 1 saturated heterocycles. The molecule has 1 aliphatic carbocycles. The topological polar surface area (TPSA) is 78.0 Å². The summed E-state index contributed by atoms with van der Waals surface area (Å²) in [6.45, 7) is 5.28. The van der Waals surface area contributed by atoms with Gasteiger partial charge in [0, 0.05) is 38.1 Å². The molecule has 0 atom stereocenters. The summed E-state index contributed by atoms with van der Waals surface area (Å²) >= 11 is 0. The number of hydrogen-bond acceptors (Lipinski definition) is 4.